The van der Waals surface area contributed by atoms with Crippen LogP contribution in [0.4, 0.5) is 10.2 Å². The van der Waals surface area contributed by atoms with Crippen LogP contribution in [0.1, 0.15) is 11.1 Å². The van der Waals surface area contributed by atoms with Gasteiger partial charge in [0.05, 0.1) is 17.7 Å². The number of halogens is 1. The van der Waals surface area contributed by atoms with Crippen LogP contribution in [-0.2, 0) is 16.1 Å². The molecule has 132 valence electrons. The van der Waals surface area contributed by atoms with Gasteiger partial charge in [-0.1, -0.05) is 12.1 Å². The Morgan fingerprint density at radius 3 is 2.73 bits per heavy atom. The van der Waals surface area contributed by atoms with Crippen LogP contribution in [-0.4, -0.2) is 47.6 Å². The van der Waals surface area contributed by atoms with E-state index in [2.05, 4.69) is 16.0 Å². The molecule has 0 aliphatic carbocycles. The number of carbonyl (C=O) groups is 1. The van der Waals surface area contributed by atoms with E-state index in [0.717, 1.165) is 11.4 Å². The number of pyridine rings is 1. The van der Waals surface area contributed by atoms with E-state index in [1.807, 2.05) is 11.0 Å². The van der Waals surface area contributed by atoms with Gasteiger partial charge < -0.3 is 14.5 Å². The van der Waals surface area contributed by atoms with Crippen LogP contribution >= 0.6 is 0 Å². The quantitative estimate of drug-likeness (QED) is 0.841. The molecule has 1 amide bonds. The smallest absolute Gasteiger partial charge is 0.249 e. The molecule has 2 unspecified atom stereocenters. The Morgan fingerprint density at radius 2 is 2.04 bits per heavy atom. The summed E-state index contributed by atoms with van der Waals surface area (Å²) < 4.78 is 18.8. The van der Waals surface area contributed by atoms with Gasteiger partial charge in [0.1, 0.15) is 24.3 Å². The molecule has 4 rings (SSSR count). The molecular weight excluding hydrogens is 335 g/mol. The zero-order valence-electron chi connectivity index (χ0n) is 14.0. The molecule has 1 aromatic carbocycles. The molecule has 2 atom stereocenters. The number of aromatic nitrogens is 1. The molecule has 0 N–H and O–H groups in total. The summed E-state index contributed by atoms with van der Waals surface area (Å²) in [5.41, 5.74) is 1.39. The zero-order valence-corrected chi connectivity index (χ0v) is 14.0. The summed E-state index contributed by atoms with van der Waals surface area (Å²) in [6.07, 6.45) is 1.45. The molecule has 2 fully saturated rings. The van der Waals surface area contributed by atoms with E-state index in [1.165, 1.54) is 12.1 Å². The standard InChI is InChI=1S/C19H17FN4O2/c20-15-4-1-13(2-5-15)9-24-16-10-23(11-17(16)26-12-19(24)25)18-6-3-14(7-21)8-22-18/h1-6,8,16-17H,9-12H2. The molecule has 6 nitrogen and oxygen atoms in total. The maximum absolute atomic E-state index is 13.1. The predicted octanol–water partition coefficient (Wildman–Crippen LogP) is 1.71. The Kier molecular flexibility index (Phi) is 4.27. The summed E-state index contributed by atoms with van der Waals surface area (Å²) in [4.78, 5) is 20.6. The number of ether oxygens (including phenoxy) is 1. The van der Waals surface area contributed by atoms with E-state index < -0.39 is 0 Å². The van der Waals surface area contributed by atoms with Gasteiger partial charge in [0, 0.05) is 25.8 Å². The van der Waals surface area contributed by atoms with Gasteiger partial charge in [-0.15, -0.1) is 0 Å². The van der Waals surface area contributed by atoms with Crippen molar-refractivity contribution in [2.24, 2.45) is 0 Å². The van der Waals surface area contributed by atoms with Crippen molar-refractivity contribution < 1.29 is 13.9 Å². The Morgan fingerprint density at radius 1 is 1.23 bits per heavy atom. The van der Waals surface area contributed by atoms with Crippen LogP contribution in [0.3, 0.4) is 0 Å². The van der Waals surface area contributed by atoms with E-state index in [0.29, 0.717) is 25.2 Å². The maximum atomic E-state index is 13.1. The molecule has 26 heavy (non-hydrogen) atoms. The highest BCUT2D eigenvalue weighted by Gasteiger charge is 2.43. The number of nitriles is 1. The molecule has 2 aromatic rings. The summed E-state index contributed by atoms with van der Waals surface area (Å²) >= 11 is 0. The van der Waals surface area contributed by atoms with Crippen molar-refractivity contribution in [1.82, 2.24) is 9.88 Å². The average Bonchev–Trinajstić information content (AvgIpc) is 3.10. The van der Waals surface area contributed by atoms with Crippen molar-refractivity contribution >= 4 is 11.7 Å². The molecule has 0 bridgehead atoms. The lowest BCUT2D eigenvalue weighted by Gasteiger charge is -2.36. The number of carbonyl (C=O) groups excluding carboxylic acids is 1. The zero-order chi connectivity index (χ0) is 18.1. The van der Waals surface area contributed by atoms with Gasteiger partial charge in [0.2, 0.25) is 5.91 Å². The second-order valence-electron chi connectivity index (χ2n) is 6.49. The molecule has 2 aliphatic heterocycles. The fourth-order valence-corrected chi connectivity index (χ4v) is 3.48. The number of hydrogen-bond donors (Lipinski definition) is 0. The van der Waals surface area contributed by atoms with Gasteiger partial charge in [0.25, 0.3) is 0 Å². The number of fused-ring (bicyclic) bond motifs is 1. The number of benzene rings is 1. The van der Waals surface area contributed by atoms with Gasteiger partial charge >= 0.3 is 0 Å². The first-order chi connectivity index (χ1) is 12.6. The minimum absolute atomic E-state index is 0.0526. The molecule has 0 radical (unpaired) electrons. The molecule has 7 heteroatoms. The van der Waals surface area contributed by atoms with Crippen LogP contribution in [0, 0.1) is 17.1 Å². The van der Waals surface area contributed by atoms with E-state index >= 15 is 0 Å². The molecule has 0 saturated carbocycles. The van der Waals surface area contributed by atoms with Crippen LogP contribution in [0.15, 0.2) is 42.6 Å². The van der Waals surface area contributed by atoms with Crippen LogP contribution < -0.4 is 4.90 Å². The highest BCUT2D eigenvalue weighted by Crippen LogP contribution is 2.28. The molecule has 2 saturated heterocycles. The van der Waals surface area contributed by atoms with Gasteiger partial charge in [-0.2, -0.15) is 5.26 Å². The SMILES string of the molecule is N#Cc1ccc(N2CC3OCC(=O)N(Cc4ccc(F)cc4)C3C2)nc1. The average molecular weight is 352 g/mol. The van der Waals surface area contributed by atoms with Gasteiger partial charge in [0.15, 0.2) is 0 Å². The minimum Gasteiger partial charge on any atom is -0.364 e. The largest absolute Gasteiger partial charge is 0.364 e. The fourth-order valence-electron chi connectivity index (χ4n) is 3.48. The first-order valence-corrected chi connectivity index (χ1v) is 8.40. The summed E-state index contributed by atoms with van der Waals surface area (Å²) in [6, 6.07) is 11.7. The number of anilines is 1. The second kappa shape index (κ2) is 6.73. The van der Waals surface area contributed by atoms with E-state index in [9.17, 15) is 9.18 Å². The number of nitrogens with zero attached hydrogens (tertiary/aromatic N) is 4. The van der Waals surface area contributed by atoms with Crippen molar-refractivity contribution in [3.05, 3.63) is 59.5 Å². The number of hydrogen-bond acceptors (Lipinski definition) is 5. The highest BCUT2D eigenvalue weighted by molar-refractivity contribution is 5.79. The maximum Gasteiger partial charge on any atom is 0.249 e. The third-order valence-corrected chi connectivity index (χ3v) is 4.85. The predicted molar refractivity (Wildman–Crippen MR) is 91.6 cm³/mol. The first kappa shape index (κ1) is 16.5. The Bertz CT molecular complexity index is 847. The third kappa shape index (κ3) is 3.11. The van der Waals surface area contributed by atoms with Crippen molar-refractivity contribution in [3.63, 3.8) is 0 Å². The lowest BCUT2D eigenvalue weighted by molar-refractivity contribution is -0.153. The summed E-state index contributed by atoms with van der Waals surface area (Å²) in [5.74, 6) is 0.403. The monoisotopic (exact) mass is 352 g/mol. The Labute approximate surface area is 150 Å². The van der Waals surface area contributed by atoms with Crippen molar-refractivity contribution in [2.75, 3.05) is 24.6 Å². The van der Waals surface area contributed by atoms with Crippen LogP contribution in [0.5, 0.6) is 0 Å². The van der Waals surface area contributed by atoms with E-state index in [4.69, 9.17) is 10.00 Å². The number of morpholine rings is 1. The topological polar surface area (TPSA) is 69.5 Å². The fraction of sp³-hybridized carbons (Fsp3) is 0.316. The number of rotatable bonds is 3. The minimum atomic E-state index is -0.293. The lowest BCUT2D eigenvalue weighted by Crippen LogP contribution is -2.53. The molecule has 0 spiro atoms. The molecule has 2 aliphatic rings. The highest BCUT2D eigenvalue weighted by atomic mass is 19.1. The van der Waals surface area contributed by atoms with Crippen LogP contribution in [0.2, 0.25) is 0 Å². The summed E-state index contributed by atoms with van der Waals surface area (Å²) in [7, 11) is 0. The third-order valence-electron chi connectivity index (χ3n) is 4.85. The molecule has 3 heterocycles. The van der Waals surface area contributed by atoms with E-state index in [-0.39, 0.29) is 30.5 Å². The van der Waals surface area contributed by atoms with Crippen molar-refractivity contribution in [3.8, 4) is 6.07 Å². The lowest BCUT2D eigenvalue weighted by atomic mass is 10.1. The summed E-state index contributed by atoms with van der Waals surface area (Å²) in [5, 5.41) is 8.89. The van der Waals surface area contributed by atoms with Gasteiger partial charge in [-0.05, 0) is 29.8 Å². The van der Waals surface area contributed by atoms with Gasteiger partial charge in [-0.25, -0.2) is 9.37 Å². The first-order valence-electron chi connectivity index (χ1n) is 8.40. The normalized spacial score (nSPS) is 22.2. The number of amides is 1. The Balaban J connectivity index is 1.52. The Hall–Kier alpha value is -2.98. The van der Waals surface area contributed by atoms with Crippen molar-refractivity contribution in [1.29, 1.82) is 5.26 Å². The molecular formula is C19H17FN4O2. The van der Waals surface area contributed by atoms with Gasteiger partial charge in [-0.3, -0.25) is 4.79 Å². The second-order valence-corrected chi connectivity index (χ2v) is 6.49. The molecule has 1 aromatic heterocycles. The van der Waals surface area contributed by atoms with Crippen molar-refractivity contribution in [2.45, 2.75) is 18.7 Å². The summed E-state index contributed by atoms with van der Waals surface area (Å²) in [6.45, 7) is 1.72. The van der Waals surface area contributed by atoms with E-state index in [1.54, 1.807) is 24.4 Å². The van der Waals surface area contributed by atoms with Crippen LogP contribution in [0.25, 0.3) is 0 Å².